The second-order valence-corrected chi connectivity index (χ2v) is 4.53. The summed E-state index contributed by atoms with van der Waals surface area (Å²) in [5, 5.41) is 20.0. The van der Waals surface area contributed by atoms with Gasteiger partial charge in [-0.15, -0.1) is 10.2 Å². The molecule has 7 heteroatoms. The molecule has 0 aromatic carbocycles. The molecule has 0 unspecified atom stereocenters. The number of nitrogens with one attached hydrogen (secondary N) is 1. The molecule has 0 radical (unpaired) electrons. The third-order valence-corrected chi connectivity index (χ3v) is 3.34. The minimum absolute atomic E-state index is 0.140. The Balaban J connectivity index is 1.77. The number of hydrogen-bond donors (Lipinski definition) is 2. The average Bonchev–Trinajstić information content (AvgIpc) is 2.97. The molecule has 7 nitrogen and oxygen atoms in total. The van der Waals surface area contributed by atoms with Crippen molar-refractivity contribution < 1.29 is 9.90 Å². The molecule has 3 rings (SSSR count). The fraction of sp³-hybridized carbons (Fsp3) is 0.455. The highest BCUT2D eigenvalue weighted by Crippen LogP contribution is 2.28. The van der Waals surface area contributed by atoms with Crippen LogP contribution in [-0.2, 0) is 4.79 Å². The number of fused-ring (bicyclic) bond motifs is 1. The zero-order chi connectivity index (χ0) is 12.5. The quantitative estimate of drug-likeness (QED) is 0.833. The van der Waals surface area contributed by atoms with E-state index in [4.69, 9.17) is 5.11 Å². The predicted octanol–water partition coefficient (Wildman–Crippen LogP) is 0.789. The molecule has 2 aromatic heterocycles. The molecule has 0 saturated heterocycles. The van der Waals surface area contributed by atoms with E-state index in [9.17, 15) is 4.79 Å². The van der Waals surface area contributed by atoms with Crippen molar-refractivity contribution in [1.82, 2.24) is 19.6 Å². The minimum atomic E-state index is -0.715. The van der Waals surface area contributed by atoms with Crippen molar-refractivity contribution in [3.63, 3.8) is 0 Å². The van der Waals surface area contributed by atoms with Crippen molar-refractivity contribution in [2.75, 3.05) is 5.32 Å². The van der Waals surface area contributed by atoms with E-state index in [0.29, 0.717) is 24.3 Å². The van der Waals surface area contributed by atoms with Gasteiger partial charge in [-0.3, -0.25) is 9.20 Å². The van der Waals surface area contributed by atoms with Crippen molar-refractivity contribution in [2.24, 2.45) is 5.92 Å². The molecule has 0 bridgehead atoms. The van der Waals surface area contributed by atoms with Crippen LogP contribution >= 0.6 is 0 Å². The van der Waals surface area contributed by atoms with Crippen molar-refractivity contribution in [3.05, 3.63) is 18.7 Å². The largest absolute Gasteiger partial charge is 0.481 e. The molecule has 0 spiro atoms. The van der Waals surface area contributed by atoms with Crippen LogP contribution in [0.15, 0.2) is 18.7 Å². The molecule has 1 saturated carbocycles. The van der Waals surface area contributed by atoms with Crippen LogP contribution in [0.2, 0.25) is 0 Å². The molecule has 1 aliphatic carbocycles. The summed E-state index contributed by atoms with van der Waals surface area (Å²) < 4.78 is 1.78. The smallest absolute Gasteiger partial charge is 0.306 e. The third kappa shape index (κ3) is 1.87. The Hall–Kier alpha value is -2.18. The van der Waals surface area contributed by atoms with E-state index in [1.165, 1.54) is 0 Å². The lowest BCUT2D eigenvalue weighted by molar-refractivity contribution is -0.141. The summed E-state index contributed by atoms with van der Waals surface area (Å²) in [5.74, 6) is -0.306. The number of hydrogen-bond acceptors (Lipinski definition) is 5. The topological polar surface area (TPSA) is 92.4 Å². The second-order valence-electron chi connectivity index (χ2n) is 4.53. The lowest BCUT2D eigenvalue weighted by Gasteiger charge is -2.12. The first-order valence-electron chi connectivity index (χ1n) is 5.88. The summed E-state index contributed by atoms with van der Waals surface area (Å²) >= 11 is 0. The van der Waals surface area contributed by atoms with Crippen molar-refractivity contribution in [2.45, 2.75) is 25.3 Å². The van der Waals surface area contributed by atoms with Gasteiger partial charge in [-0.25, -0.2) is 4.98 Å². The van der Waals surface area contributed by atoms with Gasteiger partial charge in [0.25, 0.3) is 0 Å². The van der Waals surface area contributed by atoms with E-state index in [2.05, 4.69) is 20.5 Å². The Morgan fingerprint density at radius 3 is 3.17 bits per heavy atom. The SMILES string of the molecule is O=C(O)[C@@H]1CC[C@H](Nc2nccn3cnnc23)C1. The van der Waals surface area contributed by atoms with Crippen LogP contribution in [0.4, 0.5) is 5.82 Å². The number of aliphatic carboxylic acids is 1. The lowest BCUT2D eigenvalue weighted by Crippen LogP contribution is -2.19. The molecule has 0 aliphatic heterocycles. The van der Waals surface area contributed by atoms with Gasteiger partial charge in [-0.2, -0.15) is 0 Å². The highest BCUT2D eigenvalue weighted by atomic mass is 16.4. The van der Waals surface area contributed by atoms with Gasteiger partial charge in [-0.05, 0) is 19.3 Å². The van der Waals surface area contributed by atoms with Gasteiger partial charge in [0.2, 0.25) is 5.65 Å². The van der Waals surface area contributed by atoms with Crippen molar-refractivity contribution >= 4 is 17.4 Å². The second kappa shape index (κ2) is 4.25. The zero-order valence-electron chi connectivity index (χ0n) is 9.65. The summed E-state index contributed by atoms with van der Waals surface area (Å²) in [5.41, 5.74) is 0.663. The molecule has 2 aromatic rings. The molecule has 2 N–H and O–H groups in total. The molecule has 18 heavy (non-hydrogen) atoms. The Kier molecular flexibility index (Phi) is 2.58. The molecule has 1 fully saturated rings. The maximum absolute atomic E-state index is 10.9. The molecule has 2 atom stereocenters. The first kappa shape index (κ1) is 10.9. The molecule has 94 valence electrons. The Morgan fingerprint density at radius 1 is 1.50 bits per heavy atom. The average molecular weight is 247 g/mol. The normalized spacial score (nSPS) is 23.3. The highest BCUT2D eigenvalue weighted by Gasteiger charge is 2.30. The van der Waals surface area contributed by atoms with Crippen LogP contribution < -0.4 is 5.32 Å². The number of carbonyl (C=O) groups is 1. The van der Waals surface area contributed by atoms with E-state index in [1.54, 1.807) is 23.1 Å². The fourth-order valence-electron chi connectivity index (χ4n) is 2.39. The van der Waals surface area contributed by atoms with Gasteiger partial charge >= 0.3 is 5.97 Å². The van der Waals surface area contributed by atoms with Gasteiger partial charge in [-0.1, -0.05) is 0 Å². The highest BCUT2D eigenvalue weighted by molar-refractivity contribution is 5.70. The summed E-state index contributed by atoms with van der Waals surface area (Å²) in [6.45, 7) is 0. The maximum atomic E-state index is 10.9. The summed E-state index contributed by atoms with van der Waals surface area (Å²) in [7, 11) is 0. The van der Waals surface area contributed by atoms with E-state index in [0.717, 1.165) is 6.42 Å². The van der Waals surface area contributed by atoms with Gasteiger partial charge in [0.05, 0.1) is 5.92 Å². The minimum Gasteiger partial charge on any atom is -0.481 e. The first-order valence-corrected chi connectivity index (χ1v) is 5.88. The third-order valence-electron chi connectivity index (χ3n) is 3.34. The Bertz CT molecular complexity index is 582. The van der Waals surface area contributed by atoms with E-state index < -0.39 is 5.97 Å². The molecular formula is C11H13N5O2. The molecule has 1 aliphatic rings. The Labute approximate surface area is 103 Å². The summed E-state index contributed by atoms with van der Waals surface area (Å²) in [6.07, 6.45) is 7.23. The van der Waals surface area contributed by atoms with Gasteiger partial charge in [0, 0.05) is 18.4 Å². The van der Waals surface area contributed by atoms with Crippen LogP contribution in [0, 0.1) is 5.92 Å². The van der Waals surface area contributed by atoms with Crippen LogP contribution in [0.1, 0.15) is 19.3 Å². The fourth-order valence-corrected chi connectivity index (χ4v) is 2.39. The van der Waals surface area contributed by atoms with Crippen molar-refractivity contribution in [1.29, 1.82) is 0 Å². The maximum Gasteiger partial charge on any atom is 0.306 e. The summed E-state index contributed by atoms with van der Waals surface area (Å²) in [6, 6.07) is 0.140. The molecule has 0 amide bonds. The van der Waals surface area contributed by atoms with E-state index in [-0.39, 0.29) is 12.0 Å². The molecule has 2 heterocycles. The predicted molar refractivity (Wildman–Crippen MR) is 63.2 cm³/mol. The van der Waals surface area contributed by atoms with Crippen LogP contribution in [0.3, 0.4) is 0 Å². The lowest BCUT2D eigenvalue weighted by atomic mass is 10.1. The number of rotatable bonds is 3. The van der Waals surface area contributed by atoms with Crippen LogP contribution in [-0.4, -0.2) is 36.7 Å². The number of aromatic nitrogens is 4. The number of carboxylic acid groups (broad SMARTS) is 1. The summed E-state index contributed by atoms with van der Waals surface area (Å²) in [4.78, 5) is 15.1. The first-order chi connectivity index (χ1) is 8.74. The van der Waals surface area contributed by atoms with E-state index in [1.807, 2.05) is 0 Å². The van der Waals surface area contributed by atoms with Crippen LogP contribution in [0.5, 0.6) is 0 Å². The van der Waals surface area contributed by atoms with Crippen molar-refractivity contribution in [3.8, 4) is 0 Å². The van der Waals surface area contributed by atoms with E-state index >= 15 is 0 Å². The molecular weight excluding hydrogens is 234 g/mol. The van der Waals surface area contributed by atoms with Crippen LogP contribution in [0.25, 0.3) is 5.65 Å². The zero-order valence-corrected chi connectivity index (χ0v) is 9.65. The standard InChI is InChI=1S/C11H13N5O2/c17-11(18)7-1-2-8(5-7)14-9-10-15-13-6-16(10)4-3-12-9/h3-4,6-8H,1-2,5H2,(H,12,14)(H,17,18)/t7-,8+/m1/s1. The number of carboxylic acids is 1. The monoisotopic (exact) mass is 247 g/mol. The number of nitrogens with zero attached hydrogens (tertiary/aromatic N) is 4. The van der Waals surface area contributed by atoms with Gasteiger partial charge in [0.1, 0.15) is 6.33 Å². The number of anilines is 1. The van der Waals surface area contributed by atoms with Gasteiger partial charge < -0.3 is 10.4 Å². The Morgan fingerprint density at radius 2 is 2.39 bits per heavy atom. The van der Waals surface area contributed by atoms with Gasteiger partial charge in [0.15, 0.2) is 5.82 Å².